The average molecular weight is 273 g/mol. The summed E-state index contributed by atoms with van der Waals surface area (Å²) in [6.45, 7) is 0.995. The lowest BCUT2D eigenvalue weighted by Gasteiger charge is -2.21. The smallest absolute Gasteiger partial charge is 0.129 e. The minimum absolute atomic E-state index is 0.456. The Bertz CT molecular complexity index is 622. The molecule has 0 aromatic heterocycles. The fourth-order valence-electron chi connectivity index (χ4n) is 2.78. The molecule has 0 saturated heterocycles. The number of hydrogen-bond donors (Lipinski definition) is 1. The molecule has 2 aromatic rings. The second-order valence-corrected chi connectivity index (χ2v) is 5.22. The normalized spacial score (nSPS) is 13.7. The number of halogens is 2. The van der Waals surface area contributed by atoms with Crippen LogP contribution < -0.4 is 5.32 Å². The molecular weight excluding hydrogens is 256 g/mol. The van der Waals surface area contributed by atoms with Crippen molar-refractivity contribution >= 4 is 5.69 Å². The minimum Gasteiger partial charge on any atom is -0.385 e. The van der Waals surface area contributed by atoms with Crippen LogP contribution in [-0.2, 0) is 19.3 Å². The molecule has 0 unspecified atom stereocenters. The Kier molecular flexibility index (Phi) is 3.68. The first kappa shape index (κ1) is 13.1. The second kappa shape index (κ2) is 5.61. The van der Waals surface area contributed by atoms with Gasteiger partial charge in [0.2, 0.25) is 0 Å². The summed E-state index contributed by atoms with van der Waals surface area (Å²) >= 11 is 0. The van der Waals surface area contributed by atoms with E-state index >= 15 is 0 Å². The van der Waals surface area contributed by atoms with Crippen LogP contribution in [-0.4, -0.2) is 6.54 Å². The molecule has 0 spiro atoms. The summed E-state index contributed by atoms with van der Waals surface area (Å²) in [5.74, 6) is -0.979. The summed E-state index contributed by atoms with van der Waals surface area (Å²) in [6.07, 6.45) is 3.60. The SMILES string of the molecule is Fc1ccc(CCc2cccc3c2NCCC3)c(F)c1. The van der Waals surface area contributed by atoms with E-state index in [1.807, 2.05) is 0 Å². The number of anilines is 1. The number of aryl methyl sites for hydroxylation is 3. The first-order valence-corrected chi connectivity index (χ1v) is 7.02. The van der Waals surface area contributed by atoms with E-state index in [2.05, 4.69) is 23.5 Å². The van der Waals surface area contributed by atoms with Gasteiger partial charge in [-0.1, -0.05) is 24.3 Å². The highest BCUT2D eigenvalue weighted by atomic mass is 19.1. The standard InChI is InChI=1S/C17H17F2N/c18-15-9-8-12(16(19)11-15)6-7-14-4-1-3-13-5-2-10-20-17(13)14/h1,3-4,8-9,11,20H,2,5-7,10H2. The van der Waals surface area contributed by atoms with E-state index in [1.165, 1.54) is 28.9 Å². The van der Waals surface area contributed by atoms with Gasteiger partial charge >= 0.3 is 0 Å². The molecule has 3 rings (SSSR count). The molecule has 1 aliphatic rings. The lowest BCUT2D eigenvalue weighted by atomic mass is 9.95. The average Bonchev–Trinajstić information content (AvgIpc) is 2.46. The Labute approximate surface area is 117 Å². The monoisotopic (exact) mass is 273 g/mol. The number of hydrogen-bond acceptors (Lipinski definition) is 1. The maximum Gasteiger partial charge on any atom is 0.129 e. The fraction of sp³-hybridized carbons (Fsp3) is 0.294. The highest BCUT2D eigenvalue weighted by Crippen LogP contribution is 2.27. The molecule has 1 nitrogen and oxygen atoms in total. The van der Waals surface area contributed by atoms with Crippen LogP contribution in [0.25, 0.3) is 0 Å². The summed E-state index contributed by atoms with van der Waals surface area (Å²) < 4.78 is 26.5. The predicted octanol–water partition coefficient (Wildman–Crippen LogP) is 4.11. The number of fused-ring (bicyclic) bond motifs is 1. The van der Waals surface area contributed by atoms with Gasteiger partial charge in [0, 0.05) is 18.3 Å². The van der Waals surface area contributed by atoms with E-state index in [0.717, 1.165) is 31.9 Å². The van der Waals surface area contributed by atoms with Crippen molar-refractivity contribution in [1.82, 2.24) is 0 Å². The number of benzene rings is 2. The fourth-order valence-corrected chi connectivity index (χ4v) is 2.78. The molecule has 1 aliphatic heterocycles. The highest BCUT2D eigenvalue weighted by molar-refractivity contribution is 5.59. The van der Waals surface area contributed by atoms with Crippen LogP contribution in [0.2, 0.25) is 0 Å². The Hall–Kier alpha value is -1.90. The van der Waals surface area contributed by atoms with Gasteiger partial charge in [-0.3, -0.25) is 0 Å². The molecule has 20 heavy (non-hydrogen) atoms. The molecule has 0 aliphatic carbocycles. The van der Waals surface area contributed by atoms with Crippen LogP contribution >= 0.6 is 0 Å². The second-order valence-electron chi connectivity index (χ2n) is 5.22. The van der Waals surface area contributed by atoms with Gasteiger partial charge in [-0.15, -0.1) is 0 Å². The maximum atomic E-state index is 13.6. The number of para-hydroxylation sites is 1. The molecule has 1 N–H and O–H groups in total. The Morgan fingerprint density at radius 2 is 1.85 bits per heavy atom. The summed E-state index contributed by atoms with van der Waals surface area (Å²) in [5, 5.41) is 3.44. The van der Waals surface area contributed by atoms with Crippen molar-refractivity contribution in [2.24, 2.45) is 0 Å². The van der Waals surface area contributed by atoms with Crippen molar-refractivity contribution in [1.29, 1.82) is 0 Å². The molecule has 0 fully saturated rings. The summed E-state index contributed by atoms with van der Waals surface area (Å²) in [4.78, 5) is 0. The van der Waals surface area contributed by atoms with Gasteiger partial charge < -0.3 is 5.32 Å². The molecule has 3 heteroatoms. The van der Waals surface area contributed by atoms with Gasteiger partial charge in [-0.2, -0.15) is 0 Å². The largest absolute Gasteiger partial charge is 0.385 e. The number of rotatable bonds is 3. The lowest BCUT2D eigenvalue weighted by molar-refractivity contribution is 0.571. The van der Waals surface area contributed by atoms with Gasteiger partial charge in [0.15, 0.2) is 0 Å². The third kappa shape index (κ3) is 2.67. The third-order valence-corrected chi connectivity index (χ3v) is 3.84. The van der Waals surface area contributed by atoms with E-state index in [-0.39, 0.29) is 0 Å². The topological polar surface area (TPSA) is 12.0 Å². The zero-order valence-corrected chi connectivity index (χ0v) is 11.3. The van der Waals surface area contributed by atoms with Crippen molar-refractivity contribution in [3.05, 3.63) is 64.7 Å². The third-order valence-electron chi connectivity index (χ3n) is 3.84. The van der Waals surface area contributed by atoms with E-state index in [0.29, 0.717) is 12.0 Å². The predicted molar refractivity (Wildman–Crippen MR) is 77.0 cm³/mol. The van der Waals surface area contributed by atoms with E-state index in [4.69, 9.17) is 0 Å². The Balaban J connectivity index is 1.78. The molecule has 0 atom stereocenters. The quantitative estimate of drug-likeness (QED) is 0.887. The zero-order valence-electron chi connectivity index (χ0n) is 11.3. The van der Waals surface area contributed by atoms with Gasteiger partial charge in [-0.25, -0.2) is 8.78 Å². The van der Waals surface area contributed by atoms with E-state index in [1.54, 1.807) is 0 Å². The molecule has 0 saturated carbocycles. The molecule has 0 amide bonds. The maximum absolute atomic E-state index is 13.6. The molecule has 0 bridgehead atoms. The number of nitrogens with one attached hydrogen (secondary N) is 1. The highest BCUT2D eigenvalue weighted by Gasteiger charge is 2.12. The van der Waals surface area contributed by atoms with Gasteiger partial charge in [-0.05, 0) is 48.4 Å². The van der Waals surface area contributed by atoms with Crippen LogP contribution in [0.3, 0.4) is 0 Å². The minimum atomic E-state index is -0.523. The van der Waals surface area contributed by atoms with Gasteiger partial charge in [0.25, 0.3) is 0 Å². The van der Waals surface area contributed by atoms with Crippen LogP contribution in [0.4, 0.5) is 14.5 Å². The van der Waals surface area contributed by atoms with Crippen molar-refractivity contribution in [3.8, 4) is 0 Å². The van der Waals surface area contributed by atoms with E-state index in [9.17, 15) is 8.78 Å². The molecule has 104 valence electrons. The molecular formula is C17H17F2N. The molecule has 2 aromatic carbocycles. The summed E-state index contributed by atoms with van der Waals surface area (Å²) in [5.41, 5.74) is 4.33. The van der Waals surface area contributed by atoms with Crippen molar-refractivity contribution < 1.29 is 8.78 Å². The first-order chi connectivity index (χ1) is 9.74. The lowest BCUT2D eigenvalue weighted by Crippen LogP contribution is -2.14. The van der Waals surface area contributed by atoms with Crippen molar-refractivity contribution in [2.75, 3.05) is 11.9 Å². The Morgan fingerprint density at radius 3 is 2.70 bits per heavy atom. The van der Waals surface area contributed by atoms with E-state index < -0.39 is 11.6 Å². The summed E-state index contributed by atoms with van der Waals surface area (Å²) in [6, 6.07) is 10.1. The van der Waals surface area contributed by atoms with Crippen LogP contribution in [0.5, 0.6) is 0 Å². The van der Waals surface area contributed by atoms with Crippen LogP contribution in [0.15, 0.2) is 36.4 Å². The zero-order chi connectivity index (χ0) is 13.9. The summed E-state index contributed by atoms with van der Waals surface area (Å²) in [7, 11) is 0. The van der Waals surface area contributed by atoms with Crippen molar-refractivity contribution in [3.63, 3.8) is 0 Å². The Morgan fingerprint density at radius 1 is 1.00 bits per heavy atom. The van der Waals surface area contributed by atoms with Gasteiger partial charge in [0.1, 0.15) is 11.6 Å². The van der Waals surface area contributed by atoms with Gasteiger partial charge in [0.05, 0.1) is 0 Å². The molecule has 0 radical (unpaired) electrons. The first-order valence-electron chi connectivity index (χ1n) is 7.02. The molecule has 1 heterocycles. The van der Waals surface area contributed by atoms with Crippen molar-refractivity contribution in [2.45, 2.75) is 25.7 Å². The van der Waals surface area contributed by atoms with Crippen LogP contribution in [0, 0.1) is 11.6 Å². The van der Waals surface area contributed by atoms with Crippen LogP contribution in [0.1, 0.15) is 23.1 Å².